The van der Waals surface area contributed by atoms with Gasteiger partial charge in [0.1, 0.15) is 11.5 Å². The number of nitrogens with zero attached hydrogens (tertiary/aromatic N) is 2. The Kier molecular flexibility index (Phi) is 9.47. The molecule has 0 aliphatic carbocycles. The molecule has 2 aromatic carbocycles. The van der Waals surface area contributed by atoms with E-state index in [1.165, 1.54) is 16.7 Å². The highest BCUT2D eigenvalue weighted by molar-refractivity contribution is 5.86. The van der Waals surface area contributed by atoms with Crippen molar-refractivity contribution in [2.24, 2.45) is 9.98 Å². The van der Waals surface area contributed by atoms with Crippen molar-refractivity contribution < 1.29 is 9.84 Å². The molecular formula is C37H58N2O2. The monoisotopic (exact) mass is 562 g/mol. The number of ether oxygens (including phenoxy) is 1. The molecule has 1 N–H and O–H groups in total. The molecule has 0 radical (unpaired) electrons. The molecule has 0 saturated heterocycles. The highest BCUT2D eigenvalue weighted by Crippen LogP contribution is 2.40. The first-order chi connectivity index (χ1) is 18.2. The Morgan fingerprint density at radius 1 is 0.537 bits per heavy atom. The van der Waals surface area contributed by atoms with E-state index in [-0.39, 0.29) is 21.7 Å². The predicted molar refractivity (Wildman–Crippen MR) is 179 cm³/mol. The van der Waals surface area contributed by atoms with Crippen molar-refractivity contribution >= 4 is 12.4 Å². The van der Waals surface area contributed by atoms with E-state index in [0.717, 1.165) is 22.4 Å². The number of phenols is 1. The summed E-state index contributed by atoms with van der Waals surface area (Å²) >= 11 is 0. The summed E-state index contributed by atoms with van der Waals surface area (Å²) in [7, 11) is 1.74. The lowest BCUT2D eigenvalue weighted by molar-refractivity contribution is 0.317. The van der Waals surface area contributed by atoms with Gasteiger partial charge >= 0.3 is 0 Å². The van der Waals surface area contributed by atoms with E-state index in [1.807, 2.05) is 12.4 Å². The van der Waals surface area contributed by atoms with Crippen LogP contribution in [0.1, 0.15) is 144 Å². The van der Waals surface area contributed by atoms with Crippen LogP contribution in [0.4, 0.5) is 0 Å². The molecule has 0 unspecified atom stereocenters. The third kappa shape index (κ3) is 8.02. The third-order valence-corrected chi connectivity index (χ3v) is 8.36. The van der Waals surface area contributed by atoms with Crippen molar-refractivity contribution in [2.45, 2.75) is 144 Å². The SMILES string of the molecule is COc1c(C=NC(C)(C)C(C)(C)N=Cc2cc(C(C)(C)C)cc(C(C)(C)C)c2O)cc(C(C)(C)C)cc1C(C)(C)C. The van der Waals surface area contributed by atoms with E-state index < -0.39 is 11.1 Å². The van der Waals surface area contributed by atoms with Gasteiger partial charge in [-0.2, -0.15) is 0 Å². The predicted octanol–water partition coefficient (Wildman–Crippen LogP) is 9.69. The molecule has 0 spiro atoms. The van der Waals surface area contributed by atoms with Crippen LogP contribution in [0, 0.1) is 0 Å². The highest BCUT2D eigenvalue weighted by Gasteiger charge is 2.36. The molecule has 41 heavy (non-hydrogen) atoms. The molecule has 4 heteroatoms. The molecule has 0 fully saturated rings. The molecule has 228 valence electrons. The van der Waals surface area contributed by atoms with E-state index in [2.05, 4.69) is 135 Å². The minimum atomic E-state index is -0.558. The van der Waals surface area contributed by atoms with Crippen LogP contribution in [0.25, 0.3) is 0 Å². The number of aromatic hydroxyl groups is 1. The van der Waals surface area contributed by atoms with Crippen molar-refractivity contribution in [3.63, 3.8) is 0 Å². The van der Waals surface area contributed by atoms with Gasteiger partial charge in [-0.05, 0) is 72.6 Å². The second-order valence-corrected chi connectivity index (χ2v) is 16.7. The normalized spacial score (nSPS) is 14.4. The molecule has 0 aliphatic heterocycles. The van der Waals surface area contributed by atoms with Crippen molar-refractivity contribution in [2.75, 3.05) is 7.11 Å². The lowest BCUT2D eigenvalue weighted by atomic mass is 9.78. The topological polar surface area (TPSA) is 54.2 Å². The number of phenolic OH excluding ortho intramolecular Hbond substituents is 1. The van der Waals surface area contributed by atoms with Gasteiger partial charge in [-0.15, -0.1) is 0 Å². The fourth-order valence-electron chi connectivity index (χ4n) is 4.50. The second-order valence-electron chi connectivity index (χ2n) is 16.7. The fraction of sp³-hybridized carbons (Fsp3) is 0.622. The molecule has 0 aromatic heterocycles. The lowest BCUT2D eigenvalue weighted by Crippen LogP contribution is -2.42. The summed E-state index contributed by atoms with van der Waals surface area (Å²) in [4.78, 5) is 10.2. The van der Waals surface area contributed by atoms with Crippen molar-refractivity contribution in [3.8, 4) is 11.5 Å². The molecule has 0 atom stereocenters. The summed E-state index contributed by atoms with van der Waals surface area (Å²) in [5, 5.41) is 11.3. The number of hydrogen-bond donors (Lipinski definition) is 1. The Morgan fingerprint density at radius 2 is 0.902 bits per heavy atom. The summed E-state index contributed by atoms with van der Waals surface area (Å²) in [5.41, 5.74) is 4.81. The number of methoxy groups -OCH3 is 1. The van der Waals surface area contributed by atoms with Crippen LogP contribution in [-0.2, 0) is 21.7 Å². The summed E-state index contributed by atoms with van der Waals surface area (Å²) in [6, 6.07) is 8.68. The number of benzene rings is 2. The molecular weight excluding hydrogens is 504 g/mol. The van der Waals surface area contributed by atoms with Gasteiger partial charge < -0.3 is 9.84 Å². The van der Waals surface area contributed by atoms with E-state index in [0.29, 0.717) is 5.75 Å². The molecule has 0 heterocycles. The average Bonchev–Trinajstić information content (AvgIpc) is 2.78. The van der Waals surface area contributed by atoms with Gasteiger partial charge in [0, 0.05) is 34.7 Å². The lowest BCUT2D eigenvalue weighted by Gasteiger charge is -2.35. The second kappa shape index (κ2) is 11.2. The van der Waals surface area contributed by atoms with Crippen LogP contribution >= 0.6 is 0 Å². The Labute approximate surface area is 251 Å². The van der Waals surface area contributed by atoms with Crippen LogP contribution < -0.4 is 4.74 Å². The maximum Gasteiger partial charge on any atom is 0.131 e. The fourth-order valence-corrected chi connectivity index (χ4v) is 4.50. The summed E-state index contributed by atoms with van der Waals surface area (Å²) in [6.45, 7) is 34.8. The zero-order chi connectivity index (χ0) is 32.0. The zero-order valence-electron chi connectivity index (χ0n) is 29.2. The van der Waals surface area contributed by atoms with Crippen molar-refractivity contribution in [3.05, 3.63) is 57.6 Å². The Bertz CT molecular complexity index is 1300. The summed E-state index contributed by atoms with van der Waals surface area (Å²) < 4.78 is 5.97. The van der Waals surface area contributed by atoms with Crippen LogP contribution in [0.2, 0.25) is 0 Å². The Balaban J connectivity index is 2.62. The van der Waals surface area contributed by atoms with Gasteiger partial charge in [-0.1, -0.05) is 95.2 Å². The maximum atomic E-state index is 11.3. The van der Waals surface area contributed by atoms with Gasteiger partial charge in [0.05, 0.1) is 18.2 Å². The third-order valence-electron chi connectivity index (χ3n) is 8.36. The quantitative estimate of drug-likeness (QED) is 0.356. The minimum absolute atomic E-state index is 0.0105. The molecule has 2 rings (SSSR count). The van der Waals surface area contributed by atoms with E-state index in [1.54, 1.807) is 7.11 Å². The molecule has 0 aliphatic rings. The van der Waals surface area contributed by atoms with Crippen LogP contribution in [-0.4, -0.2) is 35.7 Å². The van der Waals surface area contributed by atoms with Crippen molar-refractivity contribution in [1.29, 1.82) is 0 Å². The van der Waals surface area contributed by atoms with Crippen LogP contribution in [0.5, 0.6) is 11.5 Å². The molecule has 0 amide bonds. The molecule has 2 aromatic rings. The number of rotatable bonds is 6. The zero-order valence-corrected chi connectivity index (χ0v) is 29.2. The first kappa shape index (κ1) is 34.6. The number of aliphatic imine (C=N–C) groups is 2. The Hall–Kier alpha value is -2.62. The number of hydrogen-bond acceptors (Lipinski definition) is 4. The largest absolute Gasteiger partial charge is 0.507 e. The van der Waals surface area contributed by atoms with Gasteiger partial charge in [-0.25, -0.2) is 0 Å². The molecule has 0 bridgehead atoms. The van der Waals surface area contributed by atoms with Gasteiger partial charge in [0.2, 0.25) is 0 Å². The smallest absolute Gasteiger partial charge is 0.131 e. The first-order valence-corrected chi connectivity index (χ1v) is 14.9. The summed E-state index contributed by atoms with van der Waals surface area (Å²) in [6.07, 6.45) is 3.78. The van der Waals surface area contributed by atoms with Gasteiger partial charge in [-0.3, -0.25) is 9.98 Å². The molecule has 0 saturated carbocycles. The average molecular weight is 563 g/mol. The van der Waals surface area contributed by atoms with Gasteiger partial charge in [0.25, 0.3) is 0 Å². The van der Waals surface area contributed by atoms with Crippen molar-refractivity contribution in [1.82, 2.24) is 0 Å². The highest BCUT2D eigenvalue weighted by atomic mass is 16.5. The molecule has 4 nitrogen and oxygen atoms in total. The minimum Gasteiger partial charge on any atom is -0.507 e. The van der Waals surface area contributed by atoms with Crippen LogP contribution in [0.3, 0.4) is 0 Å². The van der Waals surface area contributed by atoms with E-state index >= 15 is 0 Å². The summed E-state index contributed by atoms with van der Waals surface area (Å²) in [5.74, 6) is 1.16. The van der Waals surface area contributed by atoms with E-state index in [9.17, 15) is 5.11 Å². The van der Waals surface area contributed by atoms with E-state index in [4.69, 9.17) is 14.7 Å². The maximum absolute atomic E-state index is 11.3. The standard InChI is InChI=1S/C37H58N2O2/c1-32(2,3)26-18-24(30(40)28(20-26)34(7,8)9)22-38-36(13,14)37(15,16)39-23-25-19-27(33(4,5)6)21-29(31(25)41-17)35(10,11)12/h18-23,40H,1-17H3. The van der Waals surface area contributed by atoms with Crippen LogP contribution in [0.15, 0.2) is 34.3 Å². The first-order valence-electron chi connectivity index (χ1n) is 14.9. The van der Waals surface area contributed by atoms with Gasteiger partial charge in [0.15, 0.2) is 0 Å². The Morgan fingerprint density at radius 3 is 1.27 bits per heavy atom.